The number of quaternary nitrogens is 1. The molecule has 0 aliphatic rings. The molecular formula is C63H126N2O6P+. The summed E-state index contributed by atoms with van der Waals surface area (Å²) in [5.74, 6) is -0.170. The van der Waals surface area contributed by atoms with Gasteiger partial charge in [0.25, 0.3) is 0 Å². The van der Waals surface area contributed by atoms with Crippen LogP contribution in [0.3, 0.4) is 0 Å². The number of rotatable bonds is 59. The Kier molecular flexibility index (Phi) is 54.0. The Morgan fingerprint density at radius 1 is 0.458 bits per heavy atom. The number of nitrogens with one attached hydrogen (secondary N) is 1. The molecule has 3 unspecified atom stereocenters. The van der Waals surface area contributed by atoms with Crippen molar-refractivity contribution in [2.75, 3.05) is 40.9 Å². The van der Waals surface area contributed by atoms with Gasteiger partial charge in [0.15, 0.2) is 0 Å². The van der Waals surface area contributed by atoms with Crippen LogP contribution in [0.2, 0.25) is 0 Å². The summed E-state index contributed by atoms with van der Waals surface area (Å²) in [5, 5.41) is 14.0. The van der Waals surface area contributed by atoms with Gasteiger partial charge in [0, 0.05) is 6.42 Å². The van der Waals surface area contributed by atoms with Crippen LogP contribution < -0.4 is 5.32 Å². The molecule has 3 N–H and O–H groups in total. The minimum absolute atomic E-state index is 0.0642. The van der Waals surface area contributed by atoms with Crippen LogP contribution in [-0.2, 0) is 18.4 Å². The van der Waals surface area contributed by atoms with Crippen LogP contribution >= 0.6 is 7.82 Å². The van der Waals surface area contributed by atoms with E-state index in [9.17, 15) is 19.4 Å². The summed E-state index contributed by atoms with van der Waals surface area (Å²) in [4.78, 5) is 23.3. The summed E-state index contributed by atoms with van der Waals surface area (Å²) in [6, 6.07) is -0.844. The molecule has 0 aliphatic carbocycles. The SMILES string of the molecule is CCCCCCCCCC/C=C\CCCCCCCCCCCCCCCCCCCCCC(=O)NC(COP(=O)(O)OCC[N+](C)(C)C)C(O)/C=C/CCCCCCCCCCCCCCCCCCC. The maximum absolute atomic E-state index is 13.0. The zero-order chi connectivity index (χ0) is 52.7. The molecule has 1 amide bonds. The highest BCUT2D eigenvalue weighted by atomic mass is 31.2. The van der Waals surface area contributed by atoms with E-state index >= 15 is 0 Å². The summed E-state index contributed by atoms with van der Waals surface area (Å²) in [7, 11) is 1.59. The molecule has 72 heavy (non-hydrogen) atoms. The topological polar surface area (TPSA) is 105 Å². The first-order valence-corrected chi connectivity index (χ1v) is 33.2. The lowest BCUT2D eigenvalue weighted by atomic mass is 10.0. The molecule has 0 rings (SSSR count). The number of likely N-dealkylation sites (N-methyl/N-ethyl adjacent to an activating group) is 1. The molecule has 0 fully saturated rings. The van der Waals surface area contributed by atoms with E-state index in [1.807, 2.05) is 27.2 Å². The molecule has 0 saturated carbocycles. The van der Waals surface area contributed by atoms with Gasteiger partial charge < -0.3 is 19.8 Å². The third-order valence-corrected chi connectivity index (χ3v) is 15.6. The molecule has 0 aromatic heterocycles. The Labute approximate surface area is 449 Å². The van der Waals surface area contributed by atoms with Crippen LogP contribution in [0.25, 0.3) is 0 Å². The lowest BCUT2D eigenvalue weighted by Crippen LogP contribution is -2.45. The van der Waals surface area contributed by atoms with Crippen LogP contribution in [0.5, 0.6) is 0 Å². The molecular weight excluding hydrogens is 912 g/mol. The summed E-state index contributed by atoms with van der Waals surface area (Å²) in [6.07, 6.45) is 70.1. The molecule has 0 radical (unpaired) electrons. The number of aliphatic hydroxyl groups excluding tert-OH is 1. The average Bonchev–Trinajstić information content (AvgIpc) is 3.34. The van der Waals surface area contributed by atoms with Crippen molar-refractivity contribution in [2.24, 2.45) is 0 Å². The van der Waals surface area contributed by atoms with Crippen molar-refractivity contribution in [1.82, 2.24) is 5.32 Å². The second-order valence-electron chi connectivity index (χ2n) is 23.1. The van der Waals surface area contributed by atoms with Crippen molar-refractivity contribution < 1.29 is 32.9 Å². The molecule has 428 valence electrons. The van der Waals surface area contributed by atoms with Crippen LogP contribution in [0.4, 0.5) is 0 Å². The van der Waals surface area contributed by atoms with Crippen molar-refractivity contribution in [1.29, 1.82) is 0 Å². The monoisotopic (exact) mass is 1040 g/mol. The second kappa shape index (κ2) is 54.8. The Morgan fingerprint density at radius 2 is 0.750 bits per heavy atom. The third-order valence-electron chi connectivity index (χ3n) is 14.7. The van der Waals surface area contributed by atoms with E-state index in [2.05, 4.69) is 31.3 Å². The van der Waals surface area contributed by atoms with Gasteiger partial charge in [-0.1, -0.05) is 295 Å². The molecule has 0 aromatic rings. The first-order chi connectivity index (χ1) is 35.0. The van der Waals surface area contributed by atoms with Crippen molar-refractivity contribution in [3.05, 3.63) is 24.3 Å². The molecule has 0 aliphatic heterocycles. The first kappa shape index (κ1) is 71.0. The van der Waals surface area contributed by atoms with Crippen LogP contribution in [0, 0.1) is 0 Å². The molecule has 0 spiro atoms. The van der Waals surface area contributed by atoms with Gasteiger partial charge in [-0.15, -0.1) is 0 Å². The lowest BCUT2D eigenvalue weighted by Gasteiger charge is -2.25. The molecule has 0 aromatic carbocycles. The quantitative estimate of drug-likeness (QED) is 0.0243. The summed E-state index contributed by atoms with van der Waals surface area (Å²) in [5.41, 5.74) is 0. The zero-order valence-corrected chi connectivity index (χ0v) is 49.8. The fourth-order valence-corrected chi connectivity index (χ4v) is 10.4. The number of hydrogen-bond donors (Lipinski definition) is 3. The number of aliphatic hydroxyl groups is 1. The largest absolute Gasteiger partial charge is 0.472 e. The van der Waals surface area contributed by atoms with E-state index in [1.54, 1.807) is 6.08 Å². The normalized spacial score (nSPS) is 13.9. The smallest absolute Gasteiger partial charge is 0.387 e. The number of phosphoric acid groups is 1. The highest BCUT2D eigenvalue weighted by molar-refractivity contribution is 7.47. The van der Waals surface area contributed by atoms with E-state index in [-0.39, 0.29) is 19.1 Å². The maximum atomic E-state index is 13.0. The van der Waals surface area contributed by atoms with Gasteiger partial charge in [-0.2, -0.15) is 0 Å². The Bertz CT molecular complexity index is 1220. The Hall–Kier alpha value is -1.02. The fourth-order valence-electron chi connectivity index (χ4n) is 9.69. The number of carbonyl (C=O) groups is 1. The van der Waals surface area contributed by atoms with Gasteiger partial charge in [0.05, 0.1) is 39.9 Å². The average molecular weight is 1040 g/mol. The fraction of sp³-hybridized carbons (Fsp3) is 0.921. The van der Waals surface area contributed by atoms with Gasteiger partial charge in [-0.25, -0.2) is 4.57 Å². The minimum atomic E-state index is -4.35. The number of amides is 1. The van der Waals surface area contributed by atoms with E-state index in [1.165, 1.54) is 270 Å². The van der Waals surface area contributed by atoms with E-state index in [0.717, 1.165) is 32.1 Å². The standard InChI is InChI=1S/C63H125N2O6P/c1-6-8-10-12-14-16-18-20-22-24-26-27-28-29-30-31-32-33-34-35-36-37-39-41-43-45-47-49-51-53-55-57-63(67)64-61(60-71-72(68,69)70-59-58-65(3,4)5)62(66)56-54-52-50-48-46-44-42-40-38-25-23-21-19-17-15-13-11-9-7-2/h24,26,54,56,61-62,66H,6-23,25,27-53,55,57-60H2,1-5H3,(H-,64,67,68,69)/p+1/b26-24-,56-54+. The van der Waals surface area contributed by atoms with E-state index in [0.29, 0.717) is 17.4 Å². The number of nitrogens with zero attached hydrogens (tertiary/aromatic N) is 1. The predicted molar refractivity (Wildman–Crippen MR) is 314 cm³/mol. The third kappa shape index (κ3) is 56.7. The Morgan fingerprint density at radius 3 is 1.07 bits per heavy atom. The summed E-state index contributed by atoms with van der Waals surface area (Å²) >= 11 is 0. The van der Waals surface area contributed by atoms with Gasteiger partial charge in [-0.3, -0.25) is 13.8 Å². The van der Waals surface area contributed by atoms with Crippen LogP contribution in [0.1, 0.15) is 322 Å². The summed E-state index contributed by atoms with van der Waals surface area (Å²) < 4.78 is 23.8. The van der Waals surface area contributed by atoms with Crippen LogP contribution in [-0.4, -0.2) is 73.4 Å². The maximum Gasteiger partial charge on any atom is 0.472 e. The molecule has 0 heterocycles. The van der Waals surface area contributed by atoms with Gasteiger partial charge in [0.1, 0.15) is 13.2 Å². The molecule has 3 atom stereocenters. The minimum Gasteiger partial charge on any atom is -0.387 e. The van der Waals surface area contributed by atoms with Crippen molar-refractivity contribution in [3.63, 3.8) is 0 Å². The number of carbonyl (C=O) groups excluding carboxylic acids is 1. The highest BCUT2D eigenvalue weighted by Gasteiger charge is 2.28. The first-order valence-electron chi connectivity index (χ1n) is 31.7. The van der Waals surface area contributed by atoms with Gasteiger partial charge in [0.2, 0.25) is 5.91 Å². The lowest BCUT2D eigenvalue weighted by molar-refractivity contribution is -0.870. The molecule has 0 saturated heterocycles. The second-order valence-corrected chi connectivity index (χ2v) is 24.6. The highest BCUT2D eigenvalue weighted by Crippen LogP contribution is 2.43. The molecule has 8 nitrogen and oxygen atoms in total. The Balaban J connectivity index is 4.05. The van der Waals surface area contributed by atoms with Gasteiger partial charge >= 0.3 is 7.82 Å². The summed E-state index contributed by atoms with van der Waals surface area (Å²) in [6.45, 7) is 4.87. The van der Waals surface area contributed by atoms with E-state index < -0.39 is 20.0 Å². The zero-order valence-electron chi connectivity index (χ0n) is 48.9. The predicted octanol–water partition coefficient (Wildman–Crippen LogP) is 19.5. The molecule has 0 bridgehead atoms. The molecule has 9 heteroatoms. The number of phosphoric ester groups is 1. The van der Waals surface area contributed by atoms with Crippen LogP contribution in [0.15, 0.2) is 24.3 Å². The van der Waals surface area contributed by atoms with Gasteiger partial charge in [-0.05, 0) is 44.9 Å². The number of unbranched alkanes of at least 4 members (excludes halogenated alkanes) is 44. The van der Waals surface area contributed by atoms with Crippen molar-refractivity contribution in [3.8, 4) is 0 Å². The van der Waals surface area contributed by atoms with E-state index in [4.69, 9.17) is 9.05 Å². The number of hydrogen-bond acceptors (Lipinski definition) is 5. The number of allylic oxidation sites excluding steroid dienone is 3. The van der Waals surface area contributed by atoms with Crippen molar-refractivity contribution >= 4 is 13.7 Å². The van der Waals surface area contributed by atoms with Crippen molar-refractivity contribution in [2.45, 2.75) is 334 Å².